The molecule has 0 unspecified atom stereocenters. The van der Waals surface area contributed by atoms with Crippen LogP contribution in [0.3, 0.4) is 0 Å². The molecule has 0 bridgehead atoms. The number of nitrogens with zero attached hydrogens (tertiary/aromatic N) is 4. The second kappa shape index (κ2) is 6.31. The lowest BCUT2D eigenvalue weighted by Gasteiger charge is -2.26. The van der Waals surface area contributed by atoms with Crippen LogP contribution in [0.2, 0.25) is 0 Å². The summed E-state index contributed by atoms with van der Waals surface area (Å²) in [5, 5.41) is 15.6. The molecule has 0 spiro atoms. The number of carbonyl (C=O) groups is 1. The summed E-state index contributed by atoms with van der Waals surface area (Å²) < 4.78 is 1.84. The average Bonchev–Trinajstić information content (AvgIpc) is 3.31. The van der Waals surface area contributed by atoms with E-state index in [0.717, 1.165) is 37.3 Å². The number of nitrogens with one attached hydrogen (secondary N) is 1. The number of aromatic nitrogens is 4. The number of aryl methyl sites for hydroxylation is 1. The van der Waals surface area contributed by atoms with Crippen molar-refractivity contribution in [3.8, 4) is 0 Å². The van der Waals surface area contributed by atoms with Gasteiger partial charge in [0, 0.05) is 0 Å². The Hall–Kier alpha value is -1.89. The number of tetrazole rings is 1. The van der Waals surface area contributed by atoms with Crippen LogP contribution in [0, 0.1) is 0 Å². The van der Waals surface area contributed by atoms with Gasteiger partial charge in [-0.3, -0.25) is 4.79 Å². The summed E-state index contributed by atoms with van der Waals surface area (Å²) >= 11 is 1.41. The van der Waals surface area contributed by atoms with Crippen LogP contribution in [0.1, 0.15) is 48.9 Å². The van der Waals surface area contributed by atoms with E-state index in [1.165, 1.54) is 22.9 Å². The Labute approximate surface area is 139 Å². The van der Waals surface area contributed by atoms with E-state index in [0.29, 0.717) is 11.8 Å². The van der Waals surface area contributed by atoms with Crippen molar-refractivity contribution >= 4 is 17.7 Å². The third-order valence-corrected chi connectivity index (χ3v) is 5.33. The van der Waals surface area contributed by atoms with Gasteiger partial charge in [-0.15, -0.1) is 5.10 Å². The Morgan fingerprint density at radius 3 is 3.04 bits per heavy atom. The maximum atomic E-state index is 12.3. The highest BCUT2D eigenvalue weighted by Crippen LogP contribution is 2.36. The van der Waals surface area contributed by atoms with Crippen LogP contribution in [0.25, 0.3) is 0 Å². The summed E-state index contributed by atoms with van der Waals surface area (Å²) in [5.74, 6) is 0.397. The zero-order chi connectivity index (χ0) is 15.6. The summed E-state index contributed by atoms with van der Waals surface area (Å²) in [6, 6.07) is 8.96. The number of benzene rings is 1. The number of rotatable bonds is 5. The minimum absolute atomic E-state index is 0.0436. The van der Waals surface area contributed by atoms with E-state index in [1.807, 2.05) is 10.7 Å². The quantitative estimate of drug-likeness (QED) is 0.852. The van der Waals surface area contributed by atoms with Crippen LogP contribution in [0.4, 0.5) is 0 Å². The van der Waals surface area contributed by atoms with Gasteiger partial charge in [0.25, 0.3) is 0 Å². The van der Waals surface area contributed by atoms with Gasteiger partial charge in [0.15, 0.2) is 0 Å². The minimum atomic E-state index is 0.0436. The topological polar surface area (TPSA) is 72.7 Å². The van der Waals surface area contributed by atoms with Crippen LogP contribution >= 0.6 is 11.8 Å². The fourth-order valence-electron chi connectivity index (χ4n) is 3.10. The van der Waals surface area contributed by atoms with E-state index in [9.17, 15) is 4.79 Å². The van der Waals surface area contributed by atoms with Crippen LogP contribution in [0.15, 0.2) is 29.4 Å². The monoisotopic (exact) mass is 329 g/mol. The molecule has 1 amide bonds. The van der Waals surface area contributed by atoms with E-state index in [2.05, 4.69) is 39.0 Å². The van der Waals surface area contributed by atoms with Gasteiger partial charge < -0.3 is 5.32 Å². The highest BCUT2D eigenvalue weighted by Gasteiger charge is 2.28. The number of carbonyl (C=O) groups excluding carboxylic acids is 1. The first-order chi connectivity index (χ1) is 11.3. The van der Waals surface area contributed by atoms with Gasteiger partial charge in [-0.05, 0) is 53.7 Å². The molecule has 1 aromatic heterocycles. The van der Waals surface area contributed by atoms with Crippen molar-refractivity contribution in [1.82, 2.24) is 25.5 Å². The van der Waals surface area contributed by atoms with Gasteiger partial charge in [0.2, 0.25) is 11.1 Å². The lowest BCUT2D eigenvalue weighted by atomic mass is 9.88. The molecule has 1 heterocycles. The third-order valence-electron chi connectivity index (χ3n) is 4.39. The van der Waals surface area contributed by atoms with Crippen LogP contribution in [0.5, 0.6) is 0 Å². The first kappa shape index (κ1) is 14.7. The summed E-state index contributed by atoms with van der Waals surface area (Å²) in [7, 11) is 0. The minimum Gasteiger partial charge on any atom is -0.349 e. The zero-order valence-electron chi connectivity index (χ0n) is 12.8. The highest BCUT2D eigenvalue weighted by molar-refractivity contribution is 7.99. The molecule has 4 rings (SSSR count). The Morgan fingerprint density at radius 2 is 2.17 bits per heavy atom. The molecule has 0 aliphatic heterocycles. The maximum Gasteiger partial charge on any atom is 0.230 e. The molecule has 1 saturated carbocycles. The second-order valence-electron chi connectivity index (χ2n) is 6.14. The number of hydrogen-bond acceptors (Lipinski definition) is 5. The van der Waals surface area contributed by atoms with E-state index in [4.69, 9.17) is 0 Å². The molecule has 1 aromatic carbocycles. The van der Waals surface area contributed by atoms with Gasteiger partial charge >= 0.3 is 0 Å². The SMILES string of the molecule is O=C(CSc1nnnn1C1CC1)N[C@@H]1CCCc2ccccc21. The molecule has 0 radical (unpaired) electrons. The zero-order valence-corrected chi connectivity index (χ0v) is 13.6. The van der Waals surface area contributed by atoms with Crippen molar-refractivity contribution in [3.05, 3.63) is 35.4 Å². The Morgan fingerprint density at radius 1 is 1.30 bits per heavy atom. The molecule has 0 saturated heterocycles. The van der Waals surface area contributed by atoms with Crippen LogP contribution < -0.4 is 5.32 Å². The molecule has 7 heteroatoms. The molecule has 120 valence electrons. The molecule has 1 atom stereocenters. The molecule has 2 aromatic rings. The molecule has 23 heavy (non-hydrogen) atoms. The predicted molar refractivity (Wildman–Crippen MR) is 87.1 cm³/mol. The molecule has 1 N–H and O–H groups in total. The highest BCUT2D eigenvalue weighted by atomic mass is 32.2. The van der Waals surface area contributed by atoms with E-state index >= 15 is 0 Å². The third kappa shape index (κ3) is 3.24. The lowest BCUT2D eigenvalue weighted by molar-refractivity contribution is -0.119. The Kier molecular flexibility index (Phi) is 4.03. The van der Waals surface area contributed by atoms with Crippen molar-refractivity contribution in [2.75, 3.05) is 5.75 Å². The molecule has 2 aliphatic carbocycles. The van der Waals surface area contributed by atoms with Crippen LogP contribution in [-0.4, -0.2) is 31.9 Å². The molecular weight excluding hydrogens is 310 g/mol. The first-order valence-electron chi connectivity index (χ1n) is 8.09. The average molecular weight is 329 g/mol. The predicted octanol–water partition coefficient (Wildman–Crippen LogP) is 2.29. The van der Waals surface area contributed by atoms with Crippen molar-refractivity contribution in [1.29, 1.82) is 0 Å². The lowest BCUT2D eigenvalue weighted by Crippen LogP contribution is -2.32. The van der Waals surface area contributed by atoms with Crippen molar-refractivity contribution in [2.24, 2.45) is 0 Å². The standard InChI is InChI=1S/C16H19N5OS/c22-15(10-23-16-18-19-20-21(16)12-8-9-12)17-14-7-3-5-11-4-1-2-6-13(11)14/h1-2,4,6,12,14H,3,5,7-10H2,(H,17,22)/t14-/m1/s1. The summed E-state index contributed by atoms with van der Waals surface area (Å²) in [4.78, 5) is 12.3. The second-order valence-corrected chi connectivity index (χ2v) is 7.08. The smallest absolute Gasteiger partial charge is 0.230 e. The number of amides is 1. The Bertz CT molecular complexity index is 712. The van der Waals surface area contributed by atoms with Crippen molar-refractivity contribution in [2.45, 2.75) is 49.3 Å². The number of thioether (sulfide) groups is 1. The molecular formula is C16H19N5OS. The summed E-state index contributed by atoms with van der Waals surface area (Å²) in [6.07, 6.45) is 5.49. The van der Waals surface area contributed by atoms with E-state index in [1.54, 1.807) is 0 Å². The molecule has 1 fully saturated rings. The maximum absolute atomic E-state index is 12.3. The van der Waals surface area contributed by atoms with Gasteiger partial charge in [-0.1, -0.05) is 36.0 Å². The van der Waals surface area contributed by atoms with E-state index in [-0.39, 0.29) is 11.9 Å². The molecule has 2 aliphatic rings. The summed E-state index contributed by atoms with van der Waals surface area (Å²) in [6.45, 7) is 0. The van der Waals surface area contributed by atoms with E-state index < -0.39 is 0 Å². The van der Waals surface area contributed by atoms with Crippen molar-refractivity contribution < 1.29 is 4.79 Å². The van der Waals surface area contributed by atoms with Gasteiger partial charge in [0.05, 0.1) is 17.8 Å². The molecule has 6 nitrogen and oxygen atoms in total. The van der Waals surface area contributed by atoms with Crippen LogP contribution in [-0.2, 0) is 11.2 Å². The van der Waals surface area contributed by atoms with Crippen molar-refractivity contribution in [3.63, 3.8) is 0 Å². The fraction of sp³-hybridized carbons (Fsp3) is 0.500. The van der Waals surface area contributed by atoms with Gasteiger partial charge in [-0.2, -0.15) is 0 Å². The normalized spacial score (nSPS) is 20.1. The summed E-state index contributed by atoms with van der Waals surface area (Å²) in [5.41, 5.74) is 2.62. The fourth-order valence-corrected chi connectivity index (χ4v) is 3.85. The Balaban J connectivity index is 1.36. The first-order valence-corrected chi connectivity index (χ1v) is 9.07. The largest absolute Gasteiger partial charge is 0.349 e. The van der Waals surface area contributed by atoms with Gasteiger partial charge in [0.1, 0.15) is 0 Å². The van der Waals surface area contributed by atoms with Gasteiger partial charge in [-0.25, -0.2) is 4.68 Å². The number of fused-ring (bicyclic) bond motifs is 1. The number of hydrogen-bond donors (Lipinski definition) is 1.